The minimum absolute atomic E-state index is 0.111. The molecule has 1 atom stereocenters. The van der Waals surface area contributed by atoms with Crippen molar-refractivity contribution in [1.29, 1.82) is 0 Å². The molecule has 3 rings (SSSR count). The van der Waals surface area contributed by atoms with E-state index in [2.05, 4.69) is 11.9 Å². The Hall–Kier alpha value is -3.25. The molecule has 1 aromatic heterocycles. The van der Waals surface area contributed by atoms with Gasteiger partial charge in [-0.25, -0.2) is 4.79 Å². The lowest BCUT2D eigenvalue weighted by Crippen LogP contribution is -2.42. The number of nitrogens with one attached hydrogen (secondary N) is 1. The highest BCUT2D eigenvalue weighted by Crippen LogP contribution is 2.22. The Labute approximate surface area is 166 Å². The summed E-state index contributed by atoms with van der Waals surface area (Å²) in [5, 5.41) is 13.5. The van der Waals surface area contributed by atoms with Crippen LogP contribution in [0.15, 0.2) is 67.4 Å². The summed E-state index contributed by atoms with van der Waals surface area (Å²) in [5.74, 6) is -1.60. The van der Waals surface area contributed by atoms with E-state index in [1.807, 2.05) is 24.3 Å². The van der Waals surface area contributed by atoms with Crippen molar-refractivity contribution in [2.75, 3.05) is 6.61 Å². The number of hydrogen-bond acceptors (Lipinski definition) is 3. The highest BCUT2D eigenvalue weighted by molar-refractivity contribution is 6.30. The molecule has 6 nitrogen and oxygen atoms in total. The van der Waals surface area contributed by atoms with Crippen LogP contribution in [0.5, 0.6) is 0 Å². The Morgan fingerprint density at radius 2 is 1.93 bits per heavy atom. The number of carboxylic acids is 1. The van der Waals surface area contributed by atoms with Crippen LogP contribution in [0.25, 0.3) is 10.9 Å². The van der Waals surface area contributed by atoms with Crippen molar-refractivity contribution in [3.8, 4) is 0 Å². The van der Waals surface area contributed by atoms with E-state index in [1.54, 1.807) is 41.3 Å². The summed E-state index contributed by atoms with van der Waals surface area (Å²) >= 11 is 5.83. The van der Waals surface area contributed by atoms with E-state index in [4.69, 9.17) is 16.4 Å². The number of aliphatic carboxylic acids is 1. The number of amides is 1. The summed E-state index contributed by atoms with van der Waals surface area (Å²) in [4.78, 5) is 29.8. The first-order valence-electron chi connectivity index (χ1n) is 8.62. The Morgan fingerprint density at radius 1 is 1.21 bits per heavy atom. The smallest absolute Gasteiger partial charge is 0.326 e. The van der Waals surface area contributed by atoms with E-state index in [0.717, 1.165) is 16.5 Å². The molecule has 1 heterocycles. The van der Waals surface area contributed by atoms with Crippen LogP contribution in [0.4, 0.5) is 0 Å². The van der Waals surface area contributed by atoms with Crippen LogP contribution in [0.2, 0.25) is 5.02 Å². The van der Waals surface area contributed by atoms with Gasteiger partial charge in [0.05, 0.1) is 5.52 Å². The number of aromatic nitrogens is 1. The standard InChI is InChI=1S/C21H19ClN2O4/c1-2-11-28-24-13-15(17-5-3-4-6-19(17)24)12-18(21(26)27)23-20(25)14-7-9-16(22)10-8-14/h2-10,13,18H,1,11-12H2,(H,23,25)(H,26,27). The van der Waals surface area contributed by atoms with Crippen LogP contribution in [0, 0.1) is 0 Å². The van der Waals surface area contributed by atoms with Crippen molar-refractivity contribution in [3.05, 3.63) is 83.5 Å². The molecule has 2 aromatic carbocycles. The number of fused-ring (bicyclic) bond motifs is 1. The molecule has 0 aliphatic rings. The molecule has 3 aromatic rings. The summed E-state index contributed by atoms with van der Waals surface area (Å²) in [6, 6.07) is 12.7. The Bertz CT molecular complexity index is 1010. The average molecular weight is 399 g/mol. The SMILES string of the molecule is C=CCOn1cc(CC(NC(=O)c2ccc(Cl)cc2)C(=O)O)c2ccccc21. The molecule has 7 heteroatoms. The van der Waals surface area contributed by atoms with Gasteiger partial charge in [0, 0.05) is 28.6 Å². The number of carboxylic acid groups (broad SMARTS) is 1. The first kappa shape index (κ1) is 19.5. The van der Waals surface area contributed by atoms with Crippen molar-refractivity contribution in [2.45, 2.75) is 12.5 Å². The maximum absolute atomic E-state index is 12.4. The van der Waals surface area contributed by atoms with Crippen LogP contribution in [0.3, 0.4) is 0 Å². The largest absolute Gasteiger partial charge is 0.480 e. The summed E-state index contributed by atoms with van der Waals surface area (Å²) < 4.78 is 1.59. The van der Waals surface area contributed by atoms with Gasteiger partial charge in [-0.15, -0.1) is 0 Å². The number of para-hydroxylation sites is 1. The van der Waals surface area contributed by atoms with Gasteiger partial charge < -0.3 is 15.3 Å². The second kappa shape index (κ2) is 8.63. The molecule has 0 radical (unpaired) electrons. The molecule has 1 amide bonds. The van der Waals surface area contributed by atoms with Gasteiger partial charge in [0.2, 0.25) is 0 Å². The van der Waals surface area contributed by atoms with Crippen molar-refractivity contribution < 1.29 is 19.5 Å². The zero-order valence-electron chi connectivity index (χ0n) is 15.0. The fourth-order valence-electron chi connectivity index (χ4n) is 2.88. The molecule has 0 aliphatic carbocycles. The number of hydrogen-bond donors (Lipinski definition) is 2. The van der Waals surface area contributed by atoms with Crippen molar-refractivity contribution in [2.24, 2.45) is 0 Å². The Balaban J connectivity index is 1.84. The van der Waals surface area contributed by atoms with Gasteiger partial charge >= 0.3 is 5.97 Å². The zero-order chi connectivity index (χ0) is 20.1. The molecule has 28 heavy (non-hydrogen) atoms. The zero-order valence-corrected chi connectivity index (χ0v) is 15.7. The highest BCUT2D eigenvalue weighted by Gasteiger charge is 2.23. The molecule has 1 unspecified atom stereocenters. The number of carbonyl (C=O) groups excluding carboxylic acids is 1. The van der Waals surface area contributed by atoms with Crippen molar-refractivity contribution in [1.82, 2.24) is 10.0 Å². The summed E-state index contributed by atoms with van der Waals surface area (Å²) in [6.45, 7) is 3.94. The van der Waals surface area contributed by atoms with Crippen LogP contribution in [-0.2, 0) is 11.2 Å². The third kappa shape index (κ3) is 4.35. The second-order valence-electron chi connectivity index (χ2n) is 6.16. The molecule has 0 bridgehead atoms. The van der Waals surface area contributed by atoms with Crippen LogP contribution < -0.4 is 10.2 Å². The van der Waals surface area contributed by atoms with E-state index in [-0.39, 0.29) is 6.42 Å². The Kier molecular flexibility index (Phi) is 6.01. The van der Waals surface area contributed by atoms with Crippen molar-refractivity contribution in [3.63, 3.8) is 0 Å². The van der Waals surface area contributed by atoms with Gasteiger partial charge in [-0.2, -0.15) is 4.73 Å². The monoisotopic (exact) mass is 398 g/mol. The quantitative estimate of drug-likeness (QED) is 0.570. The lowest BCUT2D eigenvalue weighted by molar-refractivity contribution is -0.139. The third-order valence-electron chi connectivity index (χ3n) is 4.23. The molecule has 0 saturated carbocycles. The summed E-state index contributed by atoms with van der Waals surface area (Å²) in [5.41, 5.74) is 1.91. The third-order valence-corrected chi connectivity index (χ3v) is 4.48. The molecule has 0 saturated heterocycles. The number of halogens is 1. The minimum Gasteiger partial charge on any atom is -0.480 e. The van der Waals surface area contributed by atoms with Gasteiger partial charge in [0.15, 0.2) is 0 Å². The predicted octanol–water partition coefficient (Wildman–Crippen LogP) is 3.34. The lowest BCUT2D eigenvalue weighted by atomic mass is 10.0. The van der Waals surface area contributed by atoms with Gasteiger partial charge in [0.1, 0.15) is 12.6 Å². The molecule has 0 aliphatic heterocycles. The normalized spacial score (nSPS) is 11.8. The number of rotatable bonds is 8. The van der Waals surface area contributed by atoms with Gasteiger partial charge in [-0.05, 0) is 35.9 Å². The van der Waals surface area contributed by atoms with E-state index in [9.17, 15) is 14.7 Å². The van der Waals surface area contributed by atoms with E-state index < -0.39 is 17.9 Å². The van der Waals surface area contributed by atoms with Gasteiger partial charge in [-0.1, -0.05) is 42.5 Å². The first-order chi connectivity index (χ1) is 13.5. The second-order valence-corrected chi connectivity index (χ2v) is 6.59. The number of nitrogens with zero attached hydrogens (tertiary/aromatic N) is 1. The molecule has 0 spiro atoms. The predicted molar refractivity (Wildman–Crippen MR) is 108 cm³/mol. The minimum atomic E-state index is -1.12. The van der Waals surface area contributed by atoms with E-state index >= 15 is 0 Å². The molecule has 2 N–H and O–H groups in total. The molecule has 0 fully saturated rings. The Morgan fingerprint density at radius 3 is 2.61 bits per heavy atom. The maximum atomic E-state index is 12.4. The van der Waals surface area contributed by atoms with E-state index in [1.165, 1.54) is 0 Å². The molecular formula is C21H19ClN2O4. The number of carbonyl (C=O) groups is 2. The van der Waals surface area contributed by atoms with Gasteiger partial charge in [-0.3, -0.25) is 4.79 Å². The van der Waals surface area contributed by atoms with E-state index in [0.29, 0.717) is 17.2 Å². The average Bonchev–Trinajstić information content (AvgIpc) is 3.04. The van der Waals surface area contributed by atoms with Crippen LogP contribution in [-0.4, -0.2) is 34.4 Å². The highest BCUT2D eigenvalue weighted by atomic mass is 35.5. The van der Waals surface area contributed by atoms with Crippen LogP contribution in [0.1, 0.15) is 15.9 Å². The molecular weight excluding hydrogens is 380 g/mol. The summed E-state index contributed by atoms with van der Waals surface area (Å²) in [7, 11) is 0. The maximum Gasteiger partial charge on any atom is 0.326 e. The number of benzene rings is 2. The van der Waals surface area contributed by atoms with Gasteiger partial charge in [0.25, 0.3) is 5.91 Å². The lowest BCUT2D eigenvalue weighted by Gasteiger charge is -2.14. The first-order valence-corrected chi connectivity index (χ1v) is 8.99. The summed E-state index contributed by atoms with van der Waals surface area (Å²) in [6.07, 6.45) is 3.47. The van der Waals surface area contributed by atoms with Crippen LogP contribution >= 0.6 is 11.6 Å². The van der Waals surface area contributed by atoms with Crippen molar-refractivity contribution >= 4 is 34.4 Å². The fraction of sp³-hybridized carbons (Fsp3) is 0.143. The topological polar surface area (TPSA) is 80.6 Å². The fourth-order valence-corrected chi connectivity index (χ4v) is 3.01. The molecule has 144 valence electrons.